The minimum atomic E-state index is -0.723. The van der Waals surface area contributed by atoms with Crippen LogP contribution in [0.2, 0.25) is 0 Å². The fourth-order valence-electron chi connectivity index (χ4n) is 1.57. The lowest BCUT2D eigenvalue weighted by Gasteiger charge is -2.24. The first-order valence-electron chi connectivity index (χ1n) is 4.98. The first-order chi connectivity index (χ1) is 7.63. The molecule has 2 heterocycles. The molecular formula is C10H14N2O2S2. The van der Waals surface area contributed by atoms with E-state index in [1.165, 1.54) is 23.5 Å². The lowest BCUT2D eigenvalue weighted by atomic mass is 10.5. The fraction of sp³-hybridized carbons (Fsp3) is 0.500. The number of esters is 1. The zero-order valence-electron chi connectivity index (χ0n) is 9.44. The number of carbonyl (C=O) groups excluding carboxylic acids is 1. The molecule has 6 heteroatoms. The van der Waals surface area contributed by atoms with Crippen molar-refractivity contribution in [2.24, 2.45) is 7.05 Å². The quantitative estimate of drug-likeness (QED) is 0.841. The van der Waals surface area contributed by atoms with Gasteiger partial charge in [0, 0.05) is 13.2 Å². The summed E-state index contributed by atoms with van der Waals surface area (Å²) < 4.78 is 6.36. The van der Waals surface area contributed by atoms with Crippen molar-refractivity contribution in [3.05, 3.63) is 12.3 Å². The van der Waals surface area contributed by atoms with Gasteiger partial charge in [0.1, 0.15) is 5.82 Å². The number of hydrogen-bond donors (Lipinski definition) is 1. The van der Waals surface area contributed by atoms with E-state index in [1.54, 1.807) is 0 Å². The predicted molar refractivity (Wildman–Crippen MR) is 67.8 cm³/mol. The summed E-state index contributed by atoms with van der Waals surface area (Å²) in [5.74, 6) is 0.760. The normalized spacial score (nSPS) is 22.7. The summed E-state index contributed by atoms with van der Waals surface area (Å²) in [4.78, 5) is 13.0. The molecule has 0 saturated carbocycles. The standard InChI is InChI=1S/C10H14N2O2S2/c1-4-14-9(13)10(15-3)11-8-7(16-10)5-6-12(8)2/h5-6,11H,4H2,1-3H3. The van der Waals surface area contributed by atoms with Crippen LogP contribution in [0.3, 0.4) is 0 Å². The number of rotatable bonds is 3. The number of nitrogens with zero attached hydrogens (tertiary/aromatic N) is 1. The van der Waals surface area contributed by atoms with E-state index in [9.17, 15) is 4.79 Å². The van der Waals surface area contributed by atoms with Crippen molar-refractivity contribution >= 4 is 35.3 Å². The molecule has 16 heavy (non-hydrogen) atoms. The average Bonchev–Trinajstić information content (AvgIpc) is 2.79. The molecular weight excluding hydrogens is 244 g/mol. The number of aromatic nitrogens is 1. The van der Waals surface area contributed by atoms with Crippen LogP contribution in [0.1, 0.15) is 6.92 Å². The van der Waals surface area contributed by atoms with Crippen LogP contribution in [0.5, 0.6) is 0 Å². The molecule has 1 atom stereocenters. The summed E-state index contributed by atoms with van der Waals surface area (Å²) in [6.45, 7) is 2.22. The molecule has 0 amide bonds. The number of thioether (sulfide) groups is 2. The molecule has 2 rings (SSSR count). The van der Waals surface area contributed by atoms with Crippen molar-refractivity contribution in [3.8, 4) is 0 Å². The number of anilines is 1. The van der Waals surface area contributed by atoms with Crippen molar-refractivity contribution in [1.29, 1.82) is 0 Å². The molecule has 1 aliphatic rings. The molecule has 4 nitrogen and oxygen atoms in total. The Morgan fingerprint density at radius 2 is 2.50 bits per heavy atom. The highest BCUT2D eigenvalue weighted by atomic mass is 32.2. The van der Waals surface area contributed by atoms with Crippen molar-refractivity contribution in [2.75, 3.05) is 18.2 Å². The van der Waals surface area contributed by atoms with Crippen molar-refractivity contribution in [3.63, 3.8) is 0 Å². The van der Waals surface area contributed by atoms with Gasteiger partial charge in [-0.1, -0.05) is 11.8 Å². The van der Waals surface area contributed by atoms with Gasteiger partial charge in [0.2, 0.25) is 4.20 Å². The predicted octanol–water partition coefficient (Wildman–Crippen LogP) is 2.12. The minimum absolute atomic E-state index is 0.219. The number of aryl methyl sites for hydroxylation is 1. The number of ether oxygens (including phenoxy) is 1. The van der Waals surface area contributed by atoms with Crippen molar-refractivity contribution in [2.45, 2.75) is 16.0 Å². The maximum absolute atomic E-state index is 11.9. The first kappa shape index (κ1) is 11.7. The van der Waals surface area contributed by atoms with Gasteiger partial charge in [-0.05, 0) is 19.2 Å². The van der Waals surface area contributed by atoms with Gasteiger partial charge in [-0.15, -0.1) is 11.8 Å². The van der Waals surface area contributed by atoms with Crippen LogP contribution >= 0.6 is 23.5 Å². The Morgan fingerprint density at radius 1 is 1.75 bits per heavy atom. The molecule has 0 aromatic carbocycles. The molecule has 0 spiro atoms. The van der Waals surface area contributed by atoms with E-state index in [0.717, 1.165) is 10.7 Å². The third kappa shape index (κ3) is 1.69. The molecule has 1 aliphatic heterocycles. The Kier molecular flexibility index (Phi) is 3.12. The van der Waals surface area contributed by atoms with Crippen LogP contribution in [0.15, 0.2) is 17.2 Å². The zero-order valence-corrected chi connectivity index (χ0v) is 11.1. The van der Waals surface area contributed by atoms with Gasteiger partial charge >= 0.3 is 5.97 Å². The van der Waals surface area contributed by atoms with Gasteiger partial charge in [-0.3, -0.25) is 0 Å². The van der Waals surface area contributed by atoms with Crippen LogP contribution < -0.4 is 5.32 Å². The molecule has 0 radical (unpaired) electrons. The fourth-order valence-corrected chi connectivity index (χ4v) is 3.62. The van der Waals surface area contributed by atoms with Crippen LogP contribution in [-0.4, -0.2) is 27.6 Å². The lowest BCUT2D eigenvalue weighted by Crippen LogP contribution is -2.38. The monoisotopic (exact) mass is 258 g/mol. The summed E-state index contributed by atoms with van der Waals surface area (Å²) >= 11 is 2.97. The molecule has 0 aliphatic carbocycles. The van der Waals surface area contributed by atoms with Gasteiger partial charge in [-0.2, -0.15) is 0 Å². The van der Waals surface area contributed by atoms with Crippen LogP contribution in [0.25, 0.3) is 0 Å². The van der Waals surface area contributed by atoms with Crippen LogP contribution in [-0.2, 0) is 16.6 Å². The maximum Gasteiger partial charge on any atom is 0.353 e. The summed E-state index contributed by atoms with van der Waals surface area (Å²) in [6.07, 6.45) is 3.88. The molecule has 0 saturated heterocycles. The molecule has 1 aromatic rings. The number of carbonyl (C=O) groups is 1. The minimum Gasteiger partial charge on any atom is -0.463 e. The van der Waals surface area contributed by atoms with E-state index in [-0.39, 0.29) is 5.97 Å². The number of fused-ring (bicyclic) bond motifs is 1. The highest BCUT2D eigenvalue weighted by Gasteiger charge is 2.47. The van der Waals surface area contributed by atoms with E-state index < -0.39 is 4.20 Å². The summed E-state index contributed by atoms with van der Waals surface area (Å²) in [5, 5.41) is 3.24. The first-order valence-corrected chi connectivity index (χ1v) is 7.02. The third-order valence-electron chi connectivity index (χ3n) is 2.40. The van der Waals surface area contributed by atoms with E-state index in [0.29, 0.717) is 6.61 Å². The highest BCUT2D eigenvalue weighted by molar-refractivity contribution is 8.19. The third-order valence-corrected chi connectivity index (χ3v) is 5.10. The Hall–Kier alpha value is -0.750. The number of nitrogens with one attached hydrogen (secondary N) is 1. The smallest absolute Gasteiger partial charge is 0.353 e. The topological polar surface area (TPSA) is 43.3 Å². The highest BCUT2D eigenvalue weighted by Crippen LogP contribution is 2.51. The summed E-state index contributed by atoms with van der Waals surface area (Å²) in [7, 11) is 1.95. The molecule has 0 fully saturated rings. The second kappa shape index (κ2) is 4.25. The molecule has 0 bridgehead atoms. The van der Waals surface area contributed by atoms with Gasteiger partial charge in [-0.25, -0.2) is 4.79 Å². The Morgan fingerprint density at radius 3 is 3.06 bits per heavy atom. The zero-order chi connectivity index (χ0) is 11.8. The maximum atomic E-state index is 11.9. The number of hydrogen-bond acceptors (Lipinski definition) is 5. The van der Waals surface area contributed by atoms with Crippen LogP contribution in [0, 0.1) is 0 Å². The van der Waals surface area contributed by atoms with E-state index in [1.807, 2.05) is 37.1 Å². The Balaban J connectivity index is 2.25. The Labute approximate surface area is 103 Å². The second-order valence-corrected chi connectivity index (χ2v) is 5.94. The van der Waals surface area contributed by atoms with Crippen molar-refractivity contribution in [1.82, 2.24) is 4.57 Å². The van der Waals surface area contributed by atoms with Crippen LogP contribution in [0.4, 0.5) is 5.82 Å². The van der Waals surface area contributed by atoms with Gasteiger partial charge < -0.3 is 14.6 Å². The molecule has 1 aromatic heterocycles. The van der Waals surface area contributed by atoms with E-state index in [2.05, 4.69) is 5.32 Å². The molecule has 1 unspecified atom stereocenters. The second-order valence-electron chi connectivity index (χ2n) is 3.41. The largest absolute Gasteiger partial charge is 0.463 e. The summed E-state index contributed by atoms with van der Waals surface area (Å²) in [5.41, 5.74) is 0. The molecule has 1 N–H and O–H groups in total. The van der Waals surface area contributed by atoms with E-state index >= 15 is 0 Å². The van der Waals surface area contributed by atoms with E-state index in [4.69, 9.17) is 4.74 Å². The summed E-state index contributed by atoms with van der Waals surface area (Å²) in [6, 6.07) is 2.00. The SMILES string of the molecule is CCOC(=O)C1(SC)Nc2c(ccn2C)S1. The van der Waals surface area contributed by atoms with Crippen molar-refractivity contribution < 1.29 is 9.53 Å². The Bertz CT molecular complexity index is 419. The van der Waals surface area contributed by atoms with Gasteiger partial charge in [0.15, 0.2) is 0 Å². The molecule has 88 valence electrons. The lowest BCUT2D eigenvalue weighted by molar-refractivity contribution is -0.142. The average molecular weight is 258 g/mol. The van der Waals surface area contributed by atoms with Gasteiger partial charge in [0.05, 0.1) is 11.5 Å². The van der Waals surface area contributed by atoms with Gasteiger partial charge in [0.25, 0.3) is 0 Å².